The van der Waals surface area contributed by atoms with Gasteiger partial charge in [-0.1, -0.05) is 12.1 Å². The molecule has 1 fully saturated rings. The van der Waals surface area contributed by atoms with E-state index in [0.717, 1.165) is 42.3 Å². The van der Waals surface area contributed by atoms with Gasteiger partial charge in [0.25, 0.3) is 5.56 Å². The zero-order valence-electron chi connectivity index (χ0n) is 13.9. The number of pyridine rings is 1. The minimum Gasteiger partial charge on any atom is -0.370 e. The highest BCUT2D eigenvalue weighted by atomic mass is 19.4. The van der Waals surface area contributed by atoms with Crippen LogP contribution in [-0.4, -0.2) is 23.6 Å². The number of amides is 1. The van der Waals surface area contributed by atoms with Crippen molar-refractivity contribution < 1.29 is 18.0 Å². The third-order valence-corrected chi connectivity index (χ3v) is 4.26. The summed E-state index contributed by atoms with van der Waals surface area (Å²) in [4.78, 5) is 26.4. The monoisotopic (exact) mass is 365 g/mol. The zero-order valence-corrected chi connectivity index (χ0v) is 13.9. The first-order valence-corrected chi connectivity index (χ1v) is 8.27. The Morgan fingerprint density at radius 2 is 1.77 bits per heavy atom. The van der Waals surface area contributed by atoms with Crippen molar-refractivity contribution in [2.45, 2.75) is 25.6 Å². The summed E-state index contributed by atoms with van der Waals surface area (Å²) >= 11 is 0. The Labute approximate surface area is 148 Å². The standard InChI is InChI=1S/C18H18F3N3O2/c19-18(20,21)13-6-5-11-24(17(13)26)12-16(25)22-14-7-1-2-8-15(14)23-9-3-4-10-23/h1-2,5-8,11H,3-4,9-10,12H2,(H,22,25). The van der Waals surface area contributed by atoms with Crippen LogP contribution in [0.5, 0.6) is 0 Å². The van der Waals surface area contributed by atoms with Gasteiger partial charge in [0.15, 0.2) is 0 Å². The number of benzene rings is 1. The highest BCUT2D eigenvalue weighted by Crippen LogP contribution is 2.29. The Morgan fingerprint density at radius 3 is 2.46 bits per heavy atom. The Balaban J connectivity index is 1.78. The van der Waals surface area contributed by atoms with E-state index in [0.29, 0.717) is 11.8 Å². The maximum absolute atomic E-state index is 12.8. The second-order valence-electron chi connectivity index (χ2n) is 6.11. The van der Waals surface area contributed by atoms with Crippen molar-refractivity contribution in [2.24, 2.45) is 0 Å². The molecule has 0 atom stereocenters. The topological polar surface area (TPSA) is 54.3 Å². The minimum atomic E-state index is -4.75. The molecule has 0 radical (unpaired) electrons. The van der Waals surface area contributed by atoms with Gasteiger partial charge >= 0.3 is 6.18 Å². The molecule has 138 valence electrons. The van der Waals surface area contributed by atoms with Gasteiger partial charge in [-0.2, -0.15) is 13.2 Å². The van der Waals surface area contributed by atoms with E-state index in [-0.39, 0.29) is 0 Å². The van der Waals surface area contributed by atoms with Crippen molar-refractivity contribution in [1.82, 2.24) is 4.57 Å². The van der Waals surface area contributed by atoms with Gasteiger partial charge in [0.1, 0.15) is 12.1 Å². The van der Waals surface area contributed by atoms with Gasteiger partial charge in [0.2, 0.25) is 5.91 Å². The molecule has 3 rings (SSSR count). The molecule has 26 heavy (non-hydrogen) atoms. The van der Waals surface area contributed by atoms with Gasteiger partial charge in [-0.3, -0.25) is 9.59 Å². The third kappa shape index (κ3) is 3.89. The SMILES string of the molecule is O=C(Cn1cccc(C(F)(F)F)c1=O)Nc1ccccc1N1CCCC1. The first-order valence-electron chi connectivity index (χ1n) is 8.27. The number of nitrogens with one attached hydrogen (secondary N) is 1. The van der Waals surface area contributed by atoms with Gasteiger partial charge in [-0.15, -0.1) is 0 Å². The van der Waals surface area contributed by atoms with Gasteiger partial charge in [0, 0.05) is 19.3 Å². The largest absolute Gasteiger partial charge is 0.421 e. The summed E-state index contributed by atoms with van der Waals surface area (Å²) in [6, 6.07) is 9.07. The van der Waals surface area contributed by atoms with Crippen LogP contribution >= 0.6 is 0 Å². The number of hydrogen-bond donors (Lipinski definition) is 1. The molecule has 1 aromatic carbocycles. The summed E-state index contributed by atoms with van der Waals surface area (Å²) in [6.45, 7) is 1.29. The number of carbonyl (C=O) groups is 1. The van der Waals surface area contributed by atoms with Crippen LogP contribution in [0.2, 0.25) is 0 Å². The van der Waals surface area contributed by atoms with Crippen LogP contribution < -0.4 is 15.8 Å². The van der Waals surface area contributed by atoms with E-state index in [4.69, 9.17) is 0 Å². The van der Waals surface area contributed by atoms with Gasteiger partial charge in [0.05, 0.1) is 11.4 Å². The Hall–Kier alpha value is -2.77. The maximum Gasteiger partial charge on any atom is 0.421 e. The molecule has 2 heterocycles. The molecule has 5 nitrogen and oxygen atoms in total. The molecule has 1 aliphatic heterocycles. The average molecular weight is 365 g/mol. The van der Waals surface area contributed by atoms with Crippen LogP contribution in [0.1, 0.15) is 18.4 Å². The molecule has 0 unspecified atom stereocenters. The maximum atomic E-state index is 12.8. The number of aromatic nitrogens is 1. The number of carbonyl (C=O) groups excluding carboxylic acids is 1. The normalized spacial score (nSPS) is 14.5. The van der Waals surface area contributed by atoms with E-state index in [1.165, 1.54) is 6.20 Å². The summed E-state index contributed by atoms with van der Waals surface area (Å²) in [5, 5.41) is 2.70. The van der Waals surface area contributed by atoms with Crippen molar-refractivity contribution in [3.63, 3.8) is 0 Å². The summed E-state index contributed by atoms with van der Waals surface area (Å²) in [7, 11) is 0. The van der Waals surface area contributed by atoms with E-state index in [1.807, 2.05) is 12.1 Å². The number of rotatable bonds is 4. The van der Waals surface area contributed by atoms with Crippen LogP contribution in [-0.2, 0) is 17.5 Å². The lowest BCUT2D eigenvalue weighted by Crippen LogP contribution is -2.32. The molecule has 0 saturated carbocycles. The predicted octanol–water partition coefficient (Wildman–Crippen LogP) is 3.11. The molecule has 2 aromatic rings. The van der Waals surface area contributed by atoms with Crippen LogP contribution in [0, 0.1) is 0 Å². The van der Waals surface area contributed by atoms with Crippen LogP contribution in [0.15, 0.2) is 47.4 Å². The van der Waals surface area contributed by atoms with Crippen LogP contribution in [0.3, 0.4) is 0 Å². The summed E-state index contributed by atoms with van der Waals surface area (Å²) < 4.78 is 39.2. The fraction of sp³-hybridized carbons (Fsp3) is 0.333. The minimum absolute atomic E-state index is 0.489. The lowest BCUT2D eigenvalue weighted by atomic mass is 10.2. The fourth-order valence-corrected chi connectivity index (χ4v) is 3.03. The van der Waals surface area contributed by atoms with Gasteiger partial charge in [-0.05, 0) is 37.1 Å². The number of nitrogens with zero attached hydrogens (tertiary/aromatic N) is 2. The van der Waals surface area contributed by atoms with Gasteiger partial charge < -0.3 is 14.8 Å². The summed E-state index contributed by atoms with van der Waals surface area (Å²) in [5.74, 6) is -0.557. The van der Waals surface area contributed by atoms with E-state index >= 15 is 0 Å². The zero-order chi connectivity index (χ0) is 18.7. The fourth-order valence-electron chi connectivity index (χ4n) is 3.03. The molecule has 0 bridgehead atoms. The molecule has 0 aliphatic carbocycles. The second kappa shape index (κ2) is 7.23. The van der Waals surface area contributed by atoms with Crippen molar-refractivity contribution in [3.8, 4) is 0 Å². The van der Waals surface area contributed by atoms with E-state index in [1.54, 1.807) is 12.1 Å². The Kier molecular flexibility index (Phi) is 5.01. The number of hydrogen-bond acceptors (Lipinski definition) is 3. The molecule has 1 saturated heterocycles. The number of halogens is 3. The van der Waals surface area contributed by atoms with Crippen LogP contribution in [0.25, 0.3) is 0 Å². The lowest BCUT2D eigenvalue weighted by molar-refractivity contribution is -0.139. The third-order valence-electron chi connectivity index (χ3n) is 4.26. The highest BCUT2D eigenvalue weighted by Gasteiger charge is 2.34. The number of anilines is 2. The molecule has 1 N–H and O–H groups in total. The van der Waals surface area contributed by atoms with E-state index < -0.39 is 29.8 Å². The number of alkyl halides is 3. The molecule has 1 amide bonds. The molecule has 1 aromatic heterocycles. The van der Waals surface area contributed by atoms with Crippen molar-refractivity contribution in [2.75, 3.05) is 23.3 Å². The van der Waals surface area contributed by atoms with Crippen molar-refractivity contribution >= 4 is 17.3 Å². The smallest absolute Gasteiger partial charge is 0.370 e. The molecule has 0 spiro atoms. The van der Waals surface area contributed by atoms with E-state index in [2.05, 4.69) is 10.2 Å². The first-order chi connectivity index (χ1) is 12.4. The lowest BCUT2D eigenvalue weighted by Gasteiger charge is -2.21. The second-order valence-corrected chi connectivity index (χ2v) is 6.11. The predicted molar refractivity (Wildman–Crippen MR) is 92.2 cm³/mol. The van der Waals surface area contributed by atoms with E-state index in [9.17, 15) is 22.8 Å². The van der Waals surface area contributed by atoms with Gasteiger partial charge in [-0.25, -0.2) is 0 Å². The van der Waals surface area contributed by atoms with Crippen molar-refractivity contribution in [3.05, 3.63) is 58.5 Å². The average Bonchev–Trinajstić information content (AvgIpc) is 3.10. The summed E-state index contributed by atoms with van der Waals surface area (Å²) in [5.41, 5.74) is -1.07. The number of para-hydroxylation sites is 2. The Morgan fingerprint density at radius 1 is 1.08 bits per heavy atom. The molecule has 8 heteroatoms. The Bertz CT molecular complexity index is 855. The van der Waals surface area contributed by atoms with Crippen molar-refractivity contribution in [1.29, 1.82) is 0 Å². The highest BCUT2D eigenvalue weighted by molar-refractivity contribution is 5.94. The molecule has 1 aliphatic rings. The molecular weight excluding hydrogens is 347 g/mol. The molecular formula is C18H18F3N3O2. The van der Waals surface area contributed by atoms with Crippen LogP contribution in [0.4, 0.5) is 24.5 Å². The first kappa shape index (κ1) is 18.0. The summed E-state index contributed by atoms with van der Waals surface area (Å²) in [6.07, 6.45) is -1.44. The quantitative estimate of drug-likeness (QED) is 0.906.